The number of ether oxygens (including phenoxy) is 1. The van der Waals surface area contributed by atoms with Crippen molar-refractivity contribution in [2.75, 3.05) is 0 Å². The van der Waals surface area contributed by atoms with Gasteiger partial charge in [0.2, 0.25) is 0 Å². The second-order valence-corrected chi connectivity index (χ2v) is 15.6. The smallest absolute Gasteiger partial charge is 0.131 e. The van der Waals surface area contributed by atoms with Gasteiger partial charge in [0.05, 0.1) is 8.07 Å². The van der Waals surface area contributed by atoms with Crippen molar-refractivity contribution >= 4 is 45.1 Å². The van der Waals surface area contributed by atoms with Crippen LogP contribution in [-0.4, -0.2) is 8.07 Å². The summed E-state index contributed by atoms with van der Waals surface area (Å²) in [5, 5.41) is 3.17. The molecule has 0 saturated heterocycles. The Bertz CT molecular complexity index is 774. The lowest BCUT2D eigenvalue weighted by molar-refractivity contribution is 0.478. The lowest BCUT2D eigenvalue weighted by Gasteiger charge is -2.23. The molecule has 0 aliphatic carbocycles. The van der Waals surface area contributed by atoms with Crippen molar-refractivity contribution in [2.24, 2.45) is 0 Å². The molecule has 0 spiro atoms. The second kappa shape index (κ2) is 15.3. The van der Waals surface area contributed by atoms with Crippen LogP contribution in [0.5, 0.6) is 11.5 Å². The van der Waals surface area contributed by atoms with E-state index in [0.29, 0.717) is 0 Å². The van der Waals surface area contributed by atoms with Gasteiger partial charge in [0.15, 0.2) is 0 Å². The molecule has 2 aromatic rings. The molecule has 0 bridgehead atoms. The first-order valence-corrected chi connectivity index (χ1v) is 18.0. The Hall–Kier alpha value is -0.583. The van der Waals surface area contributed by atoms with Crippen LogP contribution in [0, 0.1) is 0 Å². The molecule has 0 heterocycles. The summed E-state index contributed by atoms with van der Waals surface area (Å²) >= 11 is 7.12. The molecule has 1 nitrogen and oxygen atoms in total. The largest absolute Gasteiger partial charge is 0.457 e. The molecule has 0 N–H and O–H groups in total. The van der Waals surface area contributed by atoms with Crippen molar-refractivity contribution in [3.63, 3.8) is 0 Å². The van der Waals surface area contributed by atoms with Crippen LogP contribution in [0.15, 0.2) is 42.5 Å². The predicted octanol–water partition coefficient (Wildman–Crippen LogP) is 10.1. The molecule has 0 atom stereocenters. The number of rotatable bonds is 16. The van der Waals surface area contributed by atoms with Gasteiger partial charge < -0.3 is 4.74 Å². The van der Waals surface area contributed by atoms with Gasteiger partial charge in [0.1, 0.15) is 11.5 Å². The van der Waals surface area contributed by atoms with Crippen LogP contribution in [0.4, 0.5) is 0 Å². The topological polar surface area (TPSA) is 9.23 Å². The summed E-state index contributed by atoms with van der Waals surface area (Å²) < 4.78 is 6.24. The monoisotopic (exact) mass is 580 g/mol. The van der Waals surface area contributed by atoms with Crippen LogP contribution in [-0.2, 0) is 10.7 Å². The zero-order valence-electron chi connectivity index (χ0n) is 20.4. The van der Waals surface area contributed by atoms with Crippen LogP contribution in [0.3, 0.4) is 0 Å². The summed E-state index contributed by atoms with van der Waals surface area (Å²) in [6.45, 7) is 7.32. The molecule has 0 aliphatic rings. The lowest BCUT2D eigenvalue weighted by atomic mass is 10.1. The van der Waals surface area contributed by atoms with Gasteiger partial charge >= 0.3 is 0 Å². The highest BCUT2D eigenvalue weighted by molar-refractivity contribution is 9.08. The number of benzene rings is 2. The van der Waals surface area contributed by atoms with Crippen LogP contribution in [0.2, 0.25) is 19.1 Å². The summed E-state index contributed by atoms with van der Waals surface area (Å²) in [4.78, 5) is 0. The molecule has 0 radical (unpaired) electrons. The molecule has 2 aromatic carbocycles. The maximum atomic E-state index is 6.24. The van der Waals surface area contributed by atoms with Gasteiger partial charge in [-0.25, -0.2) is 0 Å². The van der Waals surface area contributed by atoms with Gasteiger partial charge in [-0.15, -0.1) is 0 Å². The number of unbranched alkanes of at least 4 members (excludes halogenated alkanes) is 9. The molecule has 0 aromatic heterocycles. The third-order valence-corrected chi connectivity index (χ3v) is 11.2. The minimum atomic E-state index is -1.39. The van der Waals surface area contributed by atoms with Crippen molar-refractivity contribution in [3.8, 4) is 11.5 Å². The normalized spacial score (nSPS) is 11.7. The highest BCUT2D eigenvalue weighted by Crippen LogP contribution is 2.29. The summed E-state index contributed by atoms with van der Waals surface area (Å²) in [6, 6.07) is 16.7. The zero-order valence-corrected chi connectivity index (χ0v) is 24.6. The standard InChI is InChI=1S/C28H42Br2OSi/c1-4-5-6-7-8-9-10-11-12-13-20-32(2,3)27-18-16-26(17-19-27)31-28-21-24(22-29)14-15-25(28)23-30/h14-19,21H,4-13,20,22-23H2,1-3H3. The van der Waals surface area contributed by atoms with E-state index in [9.17, 15) is 0 Å². The Kier molecular flexibility index (Phi) is 13.3. The van der Waals surface area contributed by atoms with Crippen LogP contribution < -0.4 is 9.92 Å². The number of halogens is 2. The fourth-order valence-electron chi connectivity index (χ4n) is 4.19. The molecule has 2 rings (SSSR count). The van der Waals surface area contributed by atoms with Crippen LogP contribution in [0.25, 0.3) is 0 Å². The van der Waals surface area contributed by atoms with E-state index < -0.39 is 8.07 Å². The van der Waals surface area contributed by atoms with Crippen LogP contribution in [0.1, 0.15) is 82.3 Å². The average Bonchev–Trinajstić information content (AvgIpc) is 2.80. The molecule has 0 fully saturated rings. The van der Waals surface area contributed by atoms with Crippen molar-refractivity contribution in [2.45, 2.75) is 101 Å². The van der Waals surface area contributed by atoms with E-state index in [-0.39, 0.29) is 0 Å². The van der Waals surface area contributed by atoms with Crippen LogP contribution >= 0.6 is 31.9 Å². The number of alkyl halides is 2. The predicted molar refractivity (Wildman–Crippen MR) is 152 cm³/mol. The van der Waals surface area contributed by atoms with Gasteiger partial charge in [-0.05, 0) is 23.8 Å². The van der Waals surface area contributed by atoms with E-state index in [1.165, 1.54) is 86.6 Å². The van der Waals surface area contributed by atoms with Gasteiger partial charge in [-0.3, -0.25) is 0 Å². The van der Waals surface area contributed by atoms with E-state index in [1.54, 1.807) is 0 Å². The molecule has 32 heavy (non-hydrogen) atoms. The first-order valence-electron chi connectivity index (χ1n) is 12.5. The second-order valence-electron chi connectivity index (χ2n) is 9.65. The fraction of sp³-hybridized carbons (Fsp3) is 0.571. The zero-order chi connectivity index (χ0) is 23.2. The molecule has 0 amide bonds. The minimum Gasteiger partial charge on any atom is -0.457 e. The SMILES string of the molecule is CCCCCCCCCCCC[Si](C)(C)c1ccc(Oc2cc(CBr)ccc2CBr)cc1. The maximum absolute atomic E-state index is 6.24. The van der Waals surface area contributed by atoms with Crippen molar-refractivity contribution in [3.05, 3.63) is 53.6 Å². The van der Waals surface area contributed by atoms with Crippen molar-refractivity contribution < 1.29 is 4.74 Å². The Balaban J connectivity index is 1.78. The van der Waals surface area contributed by atoms with E-state index in [0.717, 1.165) is 22.2 Å². The van der Waals surface area contributed by atoms with E-state index in [1.807, 2.05) is 0 Å². The van der Waals surface area contributed by atoms with Gasteiger partial charge in [-0.2, -0.15) is 0 Å². The van der Waals surface area contributed by atoms with E-state index in [2.05, 4.69) is 94.3 Å². The third kappa shape index (κ3) is 9.73. The number of hydrogen-bond acceptors (Lipinski definition) is 1. The van der Waals surface area contributed by atoms with Gasteiger partial charge in [-0.1, -0.05) is 152 Å². The molecule has 0 unspecified atom stereocenters. The molecule has 0 saturated carbocycles. The first-order chi connectivity index (χ1) is 15.5. The summed E-state index contributed by atoms with van der Waals surface area (Å²) in [5.74, 6) is 1.86. The Morgan fingerprint density at radius 1 is 0.719 bits per heavy atom. The first kappa shape index (κ1) is 27.7. The lowest BCUT2D eigenvalue weighted by Crippen LogP contribution is -2.40. The summed E-state index contributed by atoms with van der Waals surface area (Å²) in [7, 11) is -1.39. The molecule has 4 heteroatoms. The highest BCUT2D eigenvalue weighted by atomic mass is 79.9. The maximum Gasteiger partial charge on any atom is 0.131 e. The minimum absolute atomic E-state index is 0.793. The van der Waals surface area contributed by atoms with E-state index in [4.69, 9.17) is 4.74 Å². The Morgan fingerprint density at radius 3 is 1.88 bits per heavy atom. The quantitative estimate of drug-likeness (QED) is 0.109. The Morgan fingerprint density at radius 2 is 1.31 bits per heavy atom. The van der Waals surface area contributed by atoms with Gasteiger partial charge in [0.25, 0.3) is 0 Å². The summed E-state index contributed by atoms with van der Waals surface area (Å²) in [5.41, 5.74) is 2.40. The molecular weight excluding hydrogens is 540 g/mol. The summed E-state index contributed by atoms with van der Waals surface area (Å²) in [6.07, 6.45) is 14.1. The third-order valence-electron chi connectivity index (χ3n) is 6.45. The van der Waals surface area contributed by atoms with Crippen molar-refractivity contribution in [1.82, 2.24) is 0 Å². The number of hydrogen-bond donors (Lipinski definition) is 0. The molecule has 178 valence electrons. The van der Waals surface area contributed by atoms with E-state index >= 15 is 0 Å². The molecule has 0 aliphatic heterocycles. The Labute approximate surface area is 215 Å². The van der Waals surface area contributed by atoms with Crippen molar-refractivity contribution in [1.29, 1.82) is 0 Å². The van der Waals surface area contributed by atoms with Gasteiger partial charge in [0, 0.05) is 16.2 Å². The average molecular weight is 583 g/mol. The molecular formula is C28H42Br2OSi. The fourth-order valence-corrected chi connectivity index (χ4v) is 7.49. The highest BCUT2D eigenvalue weighted by Gasteiger charge is 2.22.